The van der Waals surface area contributed by atoms with Gasteiger partial charge in [0.15, 0.2) is 6.61 Å². The van der Waals surface area contributed by atoms with E-state index in [1.807, 2.05) is 0 Å². The van der Waals surface area contributed by atoms with E-state index in [1.165, 1.54) is 4.90 Å². The topological polar surface area (TPSA) is 81.9 Å². The third-order valence-corrected chi connectivity index (χ3v) is 2.52. The predicted molar refractivity (Wildman–Crippen MR) is 65.3 cm³/mol. The highest BCUT2D eigenvalue weighted by molar-refractivity contribution is 6.01. The number of anilines is 2. The van der Waals surface area contributed by atoms with Crippen LogP contribution in [0.25, 0.3) is 0 Å². The molecule has 1 aromatic rings. The Morgan fingerprint density at radius 3 is 3.06 bits per heavy atom. The number of rotatable bonds is 3. The van der Waals surface area contributed by atoms with Gasteiger partial charge in [0.05, 0.1) is 12.3 Å². The molecule has 0 radical (unpaired) electrons. The third kappa shape index (κ3) is 2.37. The van der Waals surface area contributed by atoms with Crippen molar-refractivity contribution >= 4 is 23.3 Å². The van der Waals surface area contributed by atoms with Crippen molar-refractivity contribution in [2.24, 2.45) is 0 Å². The largest absolute Gasteiger partial charge is 0.482 e. The van der Waals surface area contributed by atoms with Gasteiger partial charge in [0, 0.05) is 5.69 Å². The van der Waals surface area contributed by atoms with E-state index >= 15 is 0 Å². The second-order valence-electron chi connectivity index (χ2n) is 3.80. The average molecular weight is 250 g/mol. The van der Waals surface area contributed by atoms with Crippen molar-refractivity contribution in [3.63, 3.8) is 0 Å². The second-order valence-corrected chi connectivity index (χ2v) is 3.80. The summed E-state index contributed by atoms with van der Waals surface area (Å²) < 4.78 is 10.1. The number of esters is 1. The van der Waals surface area contributed by atoms with Crippen LogP contribution in [-0.4, -0.2) is 31.6 Å². The lowest BCUT2D eigenvalue weighted by Gasteiger charge is -2.28. The van der Waals surface area contributed by atoms with Crippen LogP contribution >= 0.6 is 0 Å². The van der Waals surface area contributed by atoms with Gasteiger partial charge in [-0.1, -0.05) is 0 Å². The van der Waals surface area contributed by atoms with Crippen LogP contribution in [0, 0.1) is 0 Å². The minimum absolute atomic E-state index is 0.0870. The predicted octanol–water partition coefficient (Wildman–Crippen LogP) is 0.557. The molecule has 0 saturated heterocycles. The van der Waals surface area contributed by atoms with Crippen molar-refractivity contribution in [1.29, 1.82) is 0 Å². The Bertz CT molecular complexity index is 487. The first kappa shape index (κ1) is 12.2. The Morgan fingerprint density at radius 1 is 1.56 bits per heavy atom. The molecule has 6 heteroatoms. The summed E-state index contributed by atoms with van der Waals surface area (Å²) in [7, 11) is 0. The van der Waals surface area contributed by atoms with Crippen LogP contribution in [0.1, 0.15) is 6.92 Å². The quantitative estimate of drug-likeness (QED) is 0.626. The van der Waals surface area contributed by atoms with Gasteiger partial charge in [-0.15, -0.1) is 0 Å². The highest BCUT2D eigenvalue weighted by atomic mass is 16.5. The number of nitrogens with zero attached hydrogens (tertiary/aromatic N) is 1. The number of carbonyl (C=O) groups is 2. The molecule has 6 nitrogen and oxygen atoms in total. The van der Waals surface area contributed by atoms with E-state index in [9.17, 15) is 9.59 Å². The standard InChI is InChI=1S/C12H14N2O4/c1-2-17-12(16)6-14-9-5-8(13)3-4-10(9)18-7-11(14)15/h3-5H,2,6-7,13H2,1H3. The molecule has 0 aromatic heterocycles. The fourth-order valence-electron chi connectivity index (χ4n) is 1.73. The smallest absolute Gasteiger partial charge is 0.326 e. The number of fused-ring (bicyclic) bond motifs is 1. The summed E-state index contributed by atoms with van der Waals surface area (Å²) in [4.78, 5) is 24.6. The first-order chi connectivity index (χ1) is 8.61. The van der Waals surface area contributed by atoms with Crippen LogP contribution in [0.5, 0.6) is 5.75 Å². The molecule has 1 heterocycles. The summed E-state index contributed by atoms with van der Waals surface area (Å²) >= 11 is 0. The SMILES string of the molecule is CCOC(=O)CN1C(=O)COc2ccc(N)cc21. The maximum absolute atomic E-state index is 11.8. The monoisotopic (exact) mass is 250 g/mol. The van der Waals surface area contributed by atoms with Crippen molar-refractivity contribution in [3.05, 3.63) is 18.2 Å². The number of hydrogen-bond acceptors (Lipinski definition) is 5. The van der Waals surface area contributed by atoms with Gasteiger partial charge in [-0.2, -0.15) is 0 Å². The van der Waals surface area contributed by atoms with Gasteiger partial charge < -0.3 is 15.2 Å². The molecule has 2 rings (SSSR count). The maximum atomic E-state index is 11.8. The third-order valence-electron chi connectivity index (χ3n) is 2.52. The summed E-state index contributed by atoms with van der Waals surface area (Å²) in [5, 5.41) is 0. The lowest BCUT2D eigenvalue weighted by Crippen LogP contribution is -2.42. The van der Waals surface area contributed by atoms with E-state index in [4.69, 9.17) is 15.2 Å². The zero-order valence-corrected chi connectivity index (χ0v) is 10.0. The van der Waals surface area contributed by atoms with E-state index in [0.29, 0.717) is 17.1 Å². The van der Waals surface area contributed by atoms with Gasteiger partial charge in [-0.25, -0.2) is 0 Å². The Hall–Kier alpha value is -2.24. The highest BCUT2D eigenvalue weighted by Crippen LogP contribution is 2.33. The second kappa shape index (κ2) is 4.95. The first-order valence-electron chi connectivity index (χ1n) is 5.60. The van der Waals surface area contributed by atoms with Gasteiger partial charge >= 0.3 is 5.97 Å². The minimum atomic E-state index is -0.457. The molecule has 0 atom stereocenters. The van der Waals surface area contributed by atoms with Crippen LogP contribution in [0.3, 0.4) is 0 Å². The molecule has 2 N–H and O–H groups in total. The summed E-state index contributed by atoms with van der Waals surface area (Å²) in [6, 6.07) is 4.96. The van der Waals surface area contributed by atoms with Crippen molar-refractivity contribution in [2.45, 2.75) is 6.92 Å². The molecule has 0 fully saturated rings. The van der Waals surface area contributed by atoms with Gasteiger partial charge in [-0.3, -0.25) is 14.5 Å². The molecular formula is C12H14N2O4. The van der Waals surface area contributed by atoms with Gasteiger partial charge in [0.2, 0.25) is 0 Å². The molecule has 0 unspecified atom stereocenters. The van der Waals surface area contributed by atoms with Crippen LogP contribution in [0.4, 0.5) is 11.4 Å². The van der Waals surface area contributed by atoms with Crippen molar-refractivity contribution < 1.29 is 19.1 Å². The van der Waals surface area contributed by atoms with Crippen LogP contribution in [0.15, 0.2) is 18.2 Å². The number of carbonyl (C=O) groups excluding carboxylic acids is 2. The molecular weight excluding hydrogens is 236 g/mol. The Balaban J connectivity index is 2.27. The summed E-state index contributed by atoms with van der Waals surface area (Å²) in [6.07, 6.45) is 0. The molecule has 0 spiro atoms. The molecule has 18 heavy (non-hydrogen) atoms. The van der Waals surface area contributed by atoms with Gasteiger partial charge in [0.25, 0.3) is 5.91 Å². The lowest BCUT2D eigenvalue weighted by atomic mass is 10.2. The number of amides is 1. The number of ether oxygens (including phenoxy) is 2. The fraction of sp³-hybridized carbons (Fsp3) is 0.333. The number of nitrogen functional groups attached to an aromatic ring is 1. The molecule has 1 aliphatic heterocycles. The zero-order chi connectivity index (χ0) is 13.1. The van der Waals surface area contributed by atoms with Gasteiger partial charge in [-0.05, 0) is 25.1 Å². The van der Waals surface area contributed by atoms with Crippen molar-refractivity contribution in [1.82, 2.24) is 0 Å². The molecule has 1 amide bonds. The van der Waals surface area contributed by atoms with E-state index in [2.05, 4.69) is 0 Å². The lowest BCUT2D eigenvalue weighted by molar-refractivity contribution is -0.142. The molecule has 0 bridgehead atoms. The van der Waals surface area contributed by atoms with Crippen molar-refractivity contribution in [2.75, 3.05) is 30.4 Å². The van der Waals surface area contributed by atoms with E-state index < -0.39 is 5.97 Å². The zero-order valence-electron chi connectivity index (χ0n) is 10.0. The molecule has 96 valence electrons. The van der Waals surface area contributed by atoms with E-state index in [1.54, 1.807) is 25.1 Å². The Labute approximate surface area is 104 Å². The normalized spacial score (nSPS) is 13.8. The van der Waals surface area contributed by atoms with Crippen molar-refractivity contribution in [3.8, 4) is 5.75 Å². The fourth-order valence-corrected chi connectivity index (χ4v) is 1.73. The average Bonchev–Trinajstić information content (AvgIpc) is 2.33. The minimum Gasteiger partial charge on any atom is -0.482 e. The molecule has 1 aliphatic rings. The van der Waals surface area contributed by atoms with Crippen LogP contribution in [0.2, 0.25) is 0 Å². The van der Waals surface area contributed by atoms with Gasteiger partial charge in [0.1, 0.15) is 12.3 Å². The first-order valence-corrected chi connectivity index (χ1v) is 5.60. The molecule has 0 saturated carbocycles. The van der Waals surface area contributed by atoms with Crippen LogP contribution in [-0.2, 0) is 14.3 Å². The number of benzene rings is 1. The summed E-state index contributed by atoms with van der Waals surface area (Å²) in [6.45, 7) is 1.77. The molecule has 0 aliphatic carbocycles. The summed E-state index contributed by atoms with van der Waals surface area (Å²) in [5.41, 5.74) is 6.67. The number of nitrogens with two attached hydrogens (primary N) is 1. The highest BCUT2D eigenvalue weighted by Gasteiger charge is 2.27. The van der Waals surface area contributed by atoms with Crippen LogP contribution < -0.4 is 15.4 Å². The van der Waals surface area contributed by atoms with E-state index in [0.717, 1.165) is 0 Å². The maximum Gasteiger partial charge on any atom is 0.326 e. The molecule has 1 aromatic carbocycles. The van der Waals surface area contributed by atoms with E-state index in [-0.39, 0.29) is 25.7 Å². The Morgan fingerprint density at radius 2 is 2.33 bits per heavy atom. The summed E-state index contributed by atoms with van der Waals surface area (Å²) in [5.74, 6) is -0.213. The Kier molecular flexibility index (Phi) is 3.36. The number of hydrogen-bond donors (Lipinski definition) is 1.